The van der Waals surface area contributed by atoms with E-state index in [1.54, 1.807) is 6.07 Å². The molecule has 20 heavy (non-hydrogen) atoms. The van der Waals surface area contributed by atoms with Crippen LogP contribution in [0.15, 0.2) is 40.9 Å². The highest BCUT2D eigenvalue weighted by Crippen LogP contribution is 2.35. The molecule has 0 bridgehead atoms. The molecule has 0 saturated heterocycles. The Labute approximate surface area is 121 Å². The Bertz CT molecular complexity index is 728. The van der Waals surface area contributed by atoms with E-state index in [0.717, 1.165) is 12.1 Å². The zero-order valence-electron chi connectivity index (χ0n) is 9.84. The first-order chi connectivity index (χ1) is 9.52. The van der Waals surface area contributed by atoms with Crippen molar-refractivity contribution in [3.05, 3.63) is 62.4 Å². The summed E-state index contributed by atoms with van der Waals surface area (Å²) in [5.41, 5.74) is -0.367. The van der Waals surface area contributed by atoms with Crippen LogP contribution in [0.4, 0.5) is 10.1 Å². The van der Waals surface area contributed by atoms with Crippen LogP contribution in [0.2, 0.25) is 0 Å². The molecule has 2 aromatic carbocycles. The summed E-state index contributed by atoms with van der Waals surface area (Å²) in [5, 5.41) is 19.8. The minimum atomic E-state index is -0.869. The molecule has 0 radical (unpaired) electrons. The van der Waals surface area contributed by atoms with E-state index in [9.17, 15) is 14.5 Å². The molecule has 100 valence electrons. The predicted molar refractivity (Wildman–Crippen MR) is 72.0 cm³/mol. The summed E-state index contributed by atoms with van der Waals surface area (Å²) in [6.45, 7) is 0. The number of para-hydroxylation sites is 1. The number of nitro benzene ring substituents is 1. The van der Waals surface area contributed by atoms with Crippen LogP contribution in [0.25, 0.3) is 0 Å². The fourth-order valence-corrected chi connectivity index (χ4v) is 1.89. The van der Waals surface area contributed by atoms with Gasteiger partial charge in [-0.1, -0.05) is 22.0 Å². The second-order valence-electron chi connectivity index (χ2n) is 3.70. The lowest BCUT2D eigenvalue weighted by molar-refractivity contribution is -0.385. The van der Waals surface area contributed by atoms with Crippen LogP contribution in [0, 0.1) is 27.3 Å². The third-order valence-corrected chi connectivity index (χ3v) is 2.91. The van der Waals surface area contributed by atoms with E-state index in [2.05, 4.69) is 15.9 Å². The highest BCUT2D eigenvalue weighted by atomic mass is 79.9. The van der Waals surface area contributed by atoms with E-state index in [0.29, 0.717) is 4.47 Å². The standard InChI is InChI=1S/C13H6BrFN2O3/c14-9-4-5-12(8(6-9)7-16)20-13-10(15)2-1-3-11(13)17(18)19/h1-6H. The van der Waals surface area contributed by atoms with Gasteiger partial charge >= 0.3 is 5.69 Å². The molecule has 5 nitrogen and oxygen atoms in total. The van der Waals surface area contributed by atoms with E-state index < -0.39 is 22.2 Å². The highest BCUT2D eigenvalue weighted by Gasteiger charge is 2.21. The van der Waals surface area contributed by atoms with Crippen molar-refractivity contribution in [2.45, 2.75) is 0 Å². The molecule has 0 heterocycles. The van der Waals surface area contributed by atoms with Gasteiger partial charge in [-0.05, 0) is 24.3 Å². The molecule has 7 heteroatoms. The Hall–Kier alpha value is -2.46. The van der Waals surface area contributed by atoms with Crippen molar-refractivity contribution in [3.8, 4) is 17.6 Å². The molecule has 0 atom stereocenters. The minimum absolute atomic E-state index is 0.0453. The number of benzene rings is 2. The number of nitro groups is 1. The van der Waals surface area contributed by atoms with Crippen LogP contribution in [-0.2, 0) is 0 Å². The van der Waals surface area contributed by atoms with E-state index in [1.165, 1.54) is 18.2 Å². The lowest BCUT2D eigenvalue weighted by Gasteiger charge is -2.08. The fraction of sp³-hybridized carbons (Fsp3) is 0. The quantitative estimate of drug-likeness (QED) is 0.622. The molecule has 0 N–H and O–H groups in total. The number of hydrogen-bond donors (Lipinski definition) is 0. The first-order valence-electron chi connectivity index (χ1n) is 5.33. The van der Waals surface area contributed by atoms with E-state index in [4.69, 9.17) is 10.00 Å². The van der Waals surface area contributed by atoms with Crippen LogP contribution in [0.3, 0.4) is 0 Å². The summed E-state index contributed by atoms with van der Waals surface area (Å²) in [6, 6.07) is 9.76. The summed E-state index contributed by atoms with van der Waals surface area (Å²) in [7, 11) is 0. The van der Waals surface area contributed by atoms with Gasteiger partial charge in [-0.2, -0.15) is 5.26 Å². The van der Waals surface area contributed by atoms with E-state index in [1.807, 2.05) is 6.07 Å². The smallest absolute Gasteiger partial charge is 0.314 e. The maximum absolute atomic E-state index is 13.7. The predicted octanol–water partition coefficient (Wildman–Crippen LogP) is 4.16. The molecule has 2 rings (SSSR count). The lowest BCUT2D eigenvalue weighted by Crippen LogP contribution is -1.97. The zero-order valence-corrected chi connectivity index (χ0v) is 11.4. The lowest BCUT2D eigenvalue weighted by atomic mass is 10.2. The van der Waals surface area contributed by atoms with Gasteiger partial charge in [-0.25, -0.2) is 4.39 Å². The Morgan fingerprint density at radius 2 is 2.10 bits per heavy atom. The molecule has 0 aromatic heterocycles. The Morgan fingerprint density at radius 1 is 1.35 bits per heavy atom. The van der Waals surface area contributed by atoms with Crippen LogP contribution in [0.1, 0.15) is 5.56 Å². The van der Waals surface area contributed by atoms with Crippen LogP contribution >= 0.6 is 15.9 Å². The molecule has 0 amide bonds. The normalized spacial score (nSPS) is 9.85. The summed E-state index contributed by atoms with van der Waals surface area (Å²) in [6.07, 6.45) is 0. The first kappa shape index (κ1) is 14.0. The molecular formula is C13H6BrFN2O3. The van der Waals surface area contributed by atoms with E-state index in [-0.39, 0.29) is 11.3 Å². The highest BCUT2D eigenvalue weighted by molar-refractivity contribution is 9.10. The molecule has 0 saturated carbocycles. The molecule has 0 aliphatic rings. The molecule has 2 aromatic rings. The average molecular weight is 337 g/mol. The van der Waals surface area contributed by atoms with Gasteiger partial charge in [0.1, 0.15) is 11.8 Å². The zero-order chi connectivity index (χ0) is 14.7. The summed E-state index contributed by atoms with van der Waals surface area (Å²) in [4.78, 5) is 10.1. The van der Waals surface area contributed by atoms with Crippen molar-refractivity contribution >= 4 is 21.6 Å². The Balaban J connectivity index is 2.51. The molecular weight excluding hydrogens is 331 g/mol. The molecule has 0 fully saturated rings. The largest absolute Gasteiger partial charge is 0.446 e. The van der Waals surface area contributed by atoms with Gasteiger partial charge in [-0.3, -0.25) is 10.1 Å². The monoisotopic (exact) mass is 336 g/mol. The Morgan fingerprint density at radius 3 is 2.75 bits per heavy atom. The van der Waals surface area contributed by atoms with Gasteiger partial charge in [0.2, 0.25) is 5.75 Å². The number of halogens is 2. The third kappa shape index (κ3) is 2.75. The van der Waals surface area contributed by atoms with Crippen LogP contribution in [0.5, 0.6) is 11.5 Å². The number of ether oxygens (including phenoxy) is 1. The third-order valence-electron chi connectivity index (χ3n) is 2.42. The van der Waals surface area contributed by atoms with Crippen LogP contribution in [-0.4, -0.2) is 4.92 Å². The molecule has 0 unspecified atom stereocenters. The molecule has 0 spiro atoms. The van der Waals surface area contributed by atoms with E-state index >= 15 is 0 Å². The van der Waals surface area contributed by atoms with Gasteiger partial charge in [0.05, 0.1) is 10.5 Å². The maximum Gasteiger partial charge on any atom is 0.314 e. The second kappa shape index (κ2) is 5.67. The summed E-state index contributed by atoms with van der Waals surface area (Å²) >= 11 is 3.19. The minimum Gasteiger partial charge on any atom is -0.446 e. The van der Waals surface area contributed by atoms with Crippen molar-refractivity contribution in [1.29, 1.82) is 5.26 Å². The maximum atomic E-state index is 13.7. The van der Waals surface area contributed by atoms with Crippen molar-refractivity contribution in [2.24, 2.45) is 0 Å². The average Bonchev–Trinajstić information content (AvgIpc) is 2.42. The topological polar surface area (TPSA) is 76.2 Å². The van der Waals surface area contributed by atoms with Crippen LogP contribution < -0.4 is 4.74 Å². The molecule has 0 aliphatic carbocycles. The molecule has 0 aliphatic heterocycles. The number of hydrogen-bond acceptors (Lipinski definition) is 4. The number of nitrogens with zero attached hydrogens (tertiary/aromatic N) is 2. The SMILES string of the molecule is N#Cc1cc(Br)ccc1Oc1c(F)cccc1[N+](=O)[O-]. The van der Waals surface area contributed by atoms with Gasteiger partial charge in [0, 0.05) is 10.5 Å². The fourth-order valence-electron chi connectivity index (χ4n) is 1.53. The van der Waals surface area contributed by atoms with Gasteiger partial charge in [0.15, 0.2) is 5.82 Å². The Kier molecular flexibility index (Phi) is 3.96. The van der Waals surface area contributed by atoms with Crippen molar-refractivity contribution < 1.29 is 14.1 Å². The van der Waals surface area contributed by atoms with Gasteiger partial charge in [0.25, 0.3) is 0 Å². The van der Waals surface area contributed by atoms with Crippen molar-refractivity contribution in [1.82, 2.24) is 0 Å². The summed E-state index contributed by atoms with van der Waals surface area (Å²) < 4.78 is 19.6. The van der Waals surface area contributed by atoms with Gasteiger partial charge in [-0.15, -0.1) is 0 Å². The van der Waals surface area contributed by atoms with Gasteiger partial charge < -0.3 is 4.74 Å². The number of rotatable bonds is 3. The van der Waals surface area contributed by atoms with Crippen molar-refractivity contribution in [3.63, 3.8) is 0 Å². The van der Waals surface area contributed by atoms with Crippen molar-refractivity contribution in [2.75, 3.05) is 0 Å². The second-order valence-corrected chi connectivity index (χ2v) is 4.62. The number of nitriles is 1. The summed E-state index contributed by atoms with van der Waals surface area (Å²) in [5.74, 6) is -1.34. The first-order valence-corrected chi connectivity index (χ1v) is 6.12.